The van der Waals surface area contributed by atoms with Crippen LogP contribution < -0.4 is 5.32 Å². The molecular weight excluding hydrogens is 236 g/mol. The van der Waals surface area contributed by atoms with Crippen molar-refractivity contribution in [2.75, 3.05) is 18.8 Å². The summed E-state index contributed by atoms with van der Waals surface area (Å²) < 4.78 is 23.7. The maximum Gasteiger partial charge on any atom is 0.179 e. The van der Waals surface area contributed by atoms with E-state index < -0.39 is 9.84 Å². The van der Waals surface area contributed by atoms with Gasteiger partial charge >= 0.3 is 0 Å². The van der Waals surface area contributed by atoms with Gasteiger partial charge < -0.3 is 5.32 Å². The number of nitrogens with zero attached hydrogens (tertiary/aromatic N) is 1. The summed E-state index contributed by atoms with van der Waals surface area (Å²) in [6, 6.07) is 7.96. The molecule has 0 aromatic heterocycles. The Labute approximate surface area is 102 Å². The zero-order valence-electron chi connectivity index (χ0n) is 9.81. The maximum absolute atomic E-state index is 11.9. The van der Waals surface area contributed by atoms with Gasteiger partial charge in [0.25, 0.3) is 0 Å². The van der Waals surface area contributed by atoms with Crippen LogP contribution >= 0.6 is 0 Å². The summed E-state index contributed by atoms with van der Waals surface area (Å²) in [7, 11) is -3.24. The fourth-order valence-electron chi connectivity index (χ4n) is 1.36. The van der Waals surface area contributed by atoms with Crippen molar-refractivity contribution < 1.29 is 8.42 Å². The number of nitriles is 1. The molecule has 4 nitrogen and oxygen atoms in total. The average molecular weight is 252 g/mol. The molecule has 92 valence electrons. The van der Waals surface area contributed by atoms with E-state index in [1.54, 1.807) is 0 Å². The van der Waals surface area contributed by atoms with Gasteiger partial charge in [-0.05, 0) is 37.2 Å². The van der Waals surface area contributed by atoms with Crippen LogP contribution in [0.4, 0.5) is 0 Å². The highest BCUT2D eigenvalue weighted by Crippen LogP contribution is 2.11. The van der Waals surface area contributed by atoms with Crippen LogP contribution in [0.2, 0.25) is 0 Å². The number of rotatable bonds is 6. The minimum atomic E-state index is -3.24. The van der Waals surface area contributed by atoms with Crippen LogP contribution in [0, 0.1) is 11.3 Å². The topological polar surface area (TPSA) is 70.0 Å². The van der Waals surface area contributed by atoms with Gasteiger partial charge in [0.2, 0.25) is 0 Å². The lowest BCUT2D eigenvalue weighted by Crippen LogP contribution is -2.23. The van der Waals surface area contributed by atoms with Gasteiger partial charge in [0.05, 0.1) is 22.3 Å². The molecule has 17 heavy (non-hydrogen) atoms. The van der Waals surface area contributed by atoms with Gasteiger partial charge in [-0.2, -0.15) is 5.26 Å². The van der Waals surface area contributed by atoms with Crippen LogP contribution in [-0.2, 0) is 9.84 Å². The van der Waals surface area contributed by atoms with Crippen LogP contribution in [0.3, 0.4) is 0 Å². The molecule has 0 aliphatic rings. The van der Waals surface area contributed by atoms with E-state index in [9.17, 15) is 8.42 Å². The van der Waals surface area contributed by atoms with Crippen molar-refractivity contribution in [2.24, 2.45) is 0 Å². The Kier molecular flexibility index (Phi) is 5.13. The summed E-state index contributed by atoms with van der Waals surface area (Å²) in [4.78, 5) is 0.273. The summed E-state index contributed by atoms with van der Waals surface area (Å²) in [5.41, 5.74) is 0.466. The first kappa shape index (κ1) is 13.7. The molecule has 0 atom stereocenters. The van der Waals surface area contributed by atoms with Crippen molar-refractivity contribution in [3.63, 3.8) is 0 Å². The van der Waals surface area contributed by atoms with Gasteiger partial charge in [0, 0.05) is 6.54 Å². The zero-order chi connectivity index (χ0) is 12.7. The van der Waals surface area contributed by atoms with Crippen molar-refractivity contribution in [1.82, 2.24) is 5.32 Å². The highest BCUT2D eigenvalue weighted by atomic mass is 32.2. The third kappa shape index (κ3) is 4.17. The Morgan fingerprint density at radius 2 is 1.88 bits per heavy atom. The average Bonchev–Trinajstić information content (AvgIpc) is 2.35. The second-order valence-electron chi connectivity index (χ2n) is 3.71. The highest BCUT2D eigenvalue weighted by Gasteiger charge is 2.13. The fourth-order valence-corrected chi connectivity index (χ4v) is 2.56. The monoisotopic (exact) mass is 252 g/mol. The third-order valence-electron chi connectivity index (χ3n) is 2.32. The molecular formula is C12H16N2O2S. The van der Waals surface area contributed by atoms with Crippen LogP contribution in [0.1, 0.15) is 18.9 Å². The first-order valence-corrected chi connectivity index (χ1v) is 7.19. The van der Waals surface area contributed by atoms with Gasteiger partial charge in [0.1, 0.15) is 0 Å². The molecule has 0 radical (unpaired) electrons. The van der Waals surface area contributed by atoms with Gasteiger partial charge in [0.15, 0.2) is 9.84 Å². The molecule has 0 saturated carbocycles. The number of hydrogen-bond acceptors (Lipinski definition) is 4. The SMILES string of the molecule is CCCNCCS(=O)(=O)c1ccc(C#N)cc1. The molecule has 0 aliphatic carbocycles. The smallest absolute Gasteiger partial charge is 0.179 e. The normalized spacial score (nSPS) is 11.1. The lowest BCUT2D eigenvalue weighted by atomic mass is 10.2. The lowest BCUT2D eigenvalue weighted by Gasteiger charge is -2.05. The minimum Gasteiger partial charge on any atom is -0.316 e. The van der Waals surface area contributed by atoms with Crippen molar-refractivity contribution in [3.8, 4) is 6.07 Å². The summed E-state index contributed by atoms with van der Waals surface area (Å²) in [6.07, 6.45) is 0.983. The second-order valence-corrected chi connectivity index (χ2v) is 5.81. The molecule has 0 amide bonds. The van der Waals surface area contributed by atoms with E-state index in [1.807, 2.05) is 13.0 Å². The molecule has 1 rings (SSSR count). The largest absolute Gasteiger partial charge is 0.316 e. The standard InChI is InChI=1S/C12H16N2O2S/c1-2-7-14-8-9-17(15,16)12-5-3-11(10-13)4-6-12/h3-6,14H,2,7-9H2,1H3. The van der Waals surface area contributed by atoms with Crippen molar-refractivity contribution in [1.29, 1.82) is 5.26 Å². The van der Waals surface area contributed by atoms with Gasteiger partial charge in [-0.1, -0.05) is 6.92 Å². The van der Waals surface area contributed by atoms with Crippen molar-refractivity contribution in [2.45, 2.75) is 18.2 Å². The van der Waals surface area contributed by atoms with Crippen LogP contribution in [0.5, 0.6) is 0 Å². The highest BCUT2D eigenvalue weighted by molar-refractivity contribution is 7.91. The molecule has 1 N–H and O–H groups in total. The fraction of sp³-hybridized carbons (Fsp3) is 0.417. The van der Waals surface area contributed by atoms with E-state index in [4.69, 9.17) is 5.26 Å². The zero-order valence-corrected chi connectivity index (χ0v) is 10.6. The molecule has 1 aromatic carbocycles. The first-order chi connectivity index (χ1) is 8.10. The second kappa shape index (κ2) is 6.38. The molecule has 0 fully saturated rings. The van der Waals surface area contributed by atoms with E-state index in [0.29, 0.717) is 12.1 Å². The lowest BCUT2D eigenvalue weighted by molar-refractivity contribution is 0.590. The molecule has 0 bridgehead atoms. The van der Waals surface area contributed by atoms with Gasteiger partial charge in [-0.15, -0.1) is 0 Å². The third-order valence-corrected chi connectivity index (χ3v) is 4.05. The van der Waals surface area contributed by atoms with Crippen molar-refractivity contribution in [3.05, 3.63) is 29.8 Å². The summed E-state index contributed by atoms with van der Waals surface area (Å²) >= 11 is 0. The van der Waals surface area contributed by atoms with E-state index in [-0.39, 0.29) is 10.6 Å². The predicted octanol–water partition coefficient (Wildman–Crippen LogP) is 1.33. The quantitative estimate of drug-likeness (QED) is 0.775. The molecule has 0 saturated heterocycles. The number of sulfone groups is 1. The Hall–Kier alpha value is -1.38. The maximum atomic E-state index is 11.9. The van der Waals surface area contributed by atoms with Crippen LogP contribution in [0.25, 0.3) is 0 Å². The number of nitrogens with one attached hydrogen (secondary N) is 1. The van der Waals surface area contributed by atoms with Crippen LogP contribution in [-0.4, -0.2) is 27.3 Å². The molecule has 1 aromatic rings. The summed E-state index contributed by atoms with van der Waals surface area (Å²) in [5.74, 6) is 0.0822. The first-order valence-electron chi connectivity index (χ1n) is 5.54. The van der Waals surface area contributed by atoms with Crippen LogP contribution in [0.15, 0.2) is 29.2 Å². The molecule has 0 unspecified atom stereocenters. The van der Waals surface area contributed by atoms with E-state index >= 15 is 0 Å². The predicted molar refractivity (Wildman–Crippen MR) is 66.4 cm³/mol. The summed E-state index contributed by atoms with van der Waals surface area (Å²) in [6.45, 7) is 3.31. The van der Waals surface area contributed by atoms with E-state index in [1.165, 1.54) is 24.3 Å². The molecule has 5 heteroatoms. The Morgan fingerprint density at radius 3 is 2.41 bits per heavy atom. The Bertz CT molecular complexity index is 486. The Morgan fingerprint density at radius 1 is 1.24 bits per heavy atom. The van der Waals surface area contributed by atoms with Gasteiger partial charge in [-0.3, -0.25) is 0 Å². The molecule has 0 spiro atoms. The van der Waals surface area contributed by atoms with E-state index in [2.05, 4.69) is 5.32 Å². The van der Waals surface area contributed by atoms with Crippen molar-refractivity contribution >= 4 is 9.84 Å². The molecule has 0 aliphatic heterocycles. The molecule has 0 heterocycles. The summed E-state index contributed by atoms with van der Waals surface area (Å²) in [5, 5.41) is 11.7. The van der Waals surface area contributed by atoms with E-state index in [0.717, 1.165) is 13.0 Å². The number of hydrogen-bond donors (Lipinski definition) is 1. The van der Waals surface area contributed by atoms with Gasteiger partial charge in [-0.25, -0.2) is 8.42 Å². The Balaban J connectivity index is 2.66. The minimum absolute atomic E-state index is 0.0822. The number of benzene rings is 1.